The molecule has 1 aliphatic rings. The van der Waals surface area contributed by atoms with Crippen LogP contribution in [0.2, 0.25) is 0 Å². The quantitative estimate of drug-likeness (QED) is 0.443. The summed E-state index contributed by atoms with van der Waals surface area (Å²) in [6.07, 6.45) is 0.396. The van der Waals surface area contributed by atoms with E-state index in [2.05, 4.69) is 5.32 Å². The number of imide groups is 1. The molecule has 0 radical (unpaired) electrons. The van der Waals surface area contributed by atoms with Gasteiger partial charge in [-0.2, -0.15) is 0 Å². The van der Waals surface area contributed by atoms with Crippen molar-refractivity contribution in [2.24, 2.45) is 0 Å². The van der Waals surface area contributed by atoms with E-state index in [0.717, 1.165) is 21.6 Å². The number of carbonyl (C=O) groups excluding carboxylic acids is 2. The maximum Gasteiger partial charge on any atom is 0.325 e. The molecule has 1 N–H and O–H groups in total. The van der Waals surface area contributed by atoms with Crippen LogP contribution in [-0.2, 0) is 16.9 Å². The molecule has 0 unspecified atom stereocenters. The van der Waals surface area contributed by atoms with E-state index in [1.807, 2.05) is 75.4 Å². The number of hydrogen-bond acceptors (Lipinski definition) is 4. The van der Waals surface area contributed by atoms with Crippen molar-refractivity contribution < 1.29 is 9.59 Å². The van der Waals surface area contributed by atoms with E-state index < -0.39 is 11.6 Å². The lowest BCUT2D eigenvalue weighted by Gasteiger charge is -2.26. The predicted molar refractivity (Wildman–Crippen MR) is 134 cm³/mol. The number of fused-ring (bicyclic) bond motifs is 1. The number of nitrogens with one attached hydrogen (secondary N) is 1. The summed E-state index contributed by atoms with van der Waals surface area (Å²) in [5, 5.41) is 3.39. The summed E-state index contributed by atoms with van der Waals surface area (Å²) >= 11 is 0. The topological polar surface area (TPSA) is 84.3 Å². The number of nitrogens with zero attached hydrogens (tertiary/aromatic N) is 3. The van der Waals surface area contributed by atoms with E-state index in [-0.39, 0.29) is 18.0 Å². The van der Waals surface area contributed by atoms with E-state index in [1.165, 1.54) is 4.57 Å². The summed E-state index contributed by atoms with van der Waals surface area (Å²) in [6, 6.07) is 21.7. The van der Waals surface area contributed by atoms with Crippen molar-refractivity contribution in [1.29, 1.82) is 0 Å². The minimum Gasteiger partial charge on any atom is -0.319 e. The highest BCUT2D eigenvalue weighted by molar-refractivity contribution is 6.07. The van der Waals surface area contributed by atoms with Crippen LogP contribution in [0.15, 0.2) is 77.6 Å². The number of urea groups is 1. The second-order valence-electron chi connectivity index (χ2n) is 8.97. The number of aryl methyl sites for hydroxylation is 2. The molecule has 176 valence electrons. The largest absolute Gasteiger partial charge is 0.325 e. The minimum absolute atomic E-state index is 0.133. The Bertz CT molecular complexity index is 1520. The van der Waals surface area contributed by atoms with Crippen molar-refractivity contribution in [3.8, 4) is 5.69 Å². The number of rotatable bonds is 5. The lowest BCUT2D eigenvalue weighted by Crippen LogP contribution is -2.43. The summed E-state index contributed by atoms with van der Waals surface area (Å²) in [5.74, 6) is -0.0364. The van der Waals surface area contributed by atoms with E-state index in [4.69, 9.17) is 4.98 Å². The molecule has 0 spiro atoms. The molecular formula is C28H26N4O3. The number of amides is 3. The molecule has 0 bridgehead atoms. The third-order valence-electron chi connectivity index (χ3n) is 6.65. The molecule has 1 saturated heterocycles. The smallest absolute Gasteiger partial charge is 0.319 e. The number of carbonyl (C=O) groups is 2. The zero-order chi connectivity index (χ0) is 24.7. The third kappa shape index (κ3) is 3.69. The Morgan fingerprint density at radius 2 is 1.63 bits per heavy atom. The molecule has 35 heavy (non-hydrogen) atoms. The van der Waals surface area contributed by atoms with Gasteiger partial charge in [-0.25, -0.2) is 9.78 Å². The zero-order valence-corrected chi connectivity index (χ0v) is 19.9. The van der Waals surface area contributed by atoms with Crippen LogP contribution in [0.3, 0.4) is 0 Å². The maximum absolute atomic E-state index is 13.7. The van der Waals surface area contributed by atoms with Crippen LogP contribution >= 0.6 is 0 Å². The number of aromatic nitrogens is 2. The van der Waals surface area contributed by atoms with Gasteiger partial charge in [-0.15, -0.1) is 0 Å². The molecule has 3 amide bonds. The van der Waals surface area contributed by atoms with Gasteiger partial charge in [0.25, 0.3) is 11.5 Å². The average Bonchev–Trinajstić information content (AvgIpc) is 3.10. The Balaban J connectivity index is 1.63. The van der Waals surface area contributed by atoms with Crippen molar-refractivity contribution >= 4 is 22.8 Å². The van der Waals surface area contributed by atoms with Gasteiger partial charge in [0.15, 0.2) is 0 Å². The van der Waals surface area contributed by atoms with E-state index in [1.54, 1.807) is 18.2 Å². The second kappa shape index (κ2) is 8.51. The SMILES string of the molecule is CC[C@@]1(c2ccc(C)cc2)NC(=O)N(Cc2nc3ccccc3c(=O)n2-c2cccc(C)c2)C1=O. The molecule has 7 heteroatoms. The molecule has 1 aliphatic heterocycles. The molecule has 1 atom stereocenters. The number of para-hydroxylation sites is 1. The Morgan fingerprint density at radius 3 is 2.34 bits per heavy atom. The third-order valence-corrected chi connectivity index (χ3v) is 6.65. The molecule has 7 nitrogen and oxygen atoms in total. The molecule has 5 rings (SSSR count). The first-order valence-electron chi connectivity index (χ1n) is 11.6. The van der Waals surface area contributed by atoms with Crippen molar-refractivity contribution in [1.82, 2.24) is 19.8 Å². The first kappa shape index (κ1) is 22.5. The monoisotopic (exact) mass is 466 g/mol. The Labute approximate surface area is 203 Å². The maximum atomic E-state index is 13.7. The molecule has 0 saturated carbocycles. The fourth-order valence-electron chi connectivity index (χ4n) is 4.71. The number of benzene rings is 3. The zero-order valence-electron chi connectivity index (χ0n) is 19.9. The van der Waals surface area contributed by atoms with Crippen molar-refractivity contribution in [2.75, 3.05) is 0 Å². The lowest BCUT2D eigenvalue weighted by molar-refractivity contribution is -0.132. The Kier molecular flexibility index (Phi) is 5.47. The van der Waals surface area contributed by atoms with Crippen LogP contribution in [0.25, 0.3) is 16.6 Å². The molecule has 3 aromatic carbocycles. The van der Waals surface area contributed by atoms with Gasteiger partial charge in [0.1, 0.15) is 11.4 Å². The van der Waals surface area contributed by atoms with Crippen LogP contribution in [0, 0.1) is 13.8 Å². The molecular weight excluding hydrogens is 440 g/mol. The summed E-state index contributed by atoms with van der Waals surface area (Å²) in [6.45, 7) is 5.65. The van der Waals surface area contributed by atoms with Crippen LogP contribution in [0.5, 0.6) is 0 Å². The van der Waals surface area contributed by atoms with Crippen LogP contribution in [0.1, 0.15) is 35.9 Å². The van der Waals surface area contributed by atoms with Crippen LogP contribution < -0.4 is 10.9 Å². The van der Waals surface area contributed by atoms with Gasteiger partial charge in [0.2, 0.25) is 0 Å². The van der Waals surface area contributed by atoms with Crippen molar-refractivity contribution in [3.05, 3.63) is 106 Å². The average molecular weight is 467 g/mol. The normalized spacial score (nSPS) is 17.7. The van der Waals surface area contributed by atoms with Gasteiger partial charge in [-0.05, 0) is 55.7 Å². The Morgan fingerprint density at radius 1 is 0.886 bits per heavy atom. The van der Waals surface area contributed by atoms with E-state index in [9.17, 15) is 14.4 Å². The van der Waals surface area contributed by atoms with Gasteiger partial charge in [-0.1, -0.05) is 61.0 Å². The fourth-order valence-corrected chi connectivity index (χ4v) is 4.71. The first-order valence-corrected chi connectivity index (χ1v) is 11.6. The molecule has 0 aliphatic carbocycles. The molecule has 4 aromatic rings. The number of hydrogen-bond donors (Lipinski definition) is 1. The summed E-state index contributed by atoms with van der Waals surface area (Å²) < 4.78 is 1.49. The van der Waals surface area contributed by atoms with E-state index in [0.29, 0.717) is 28.8 Å². The highest BCUT2D eigenvalue weighted by atomic mass is 16.2. The standard InChI is InChI=1S/C28H26N4O3/c1-4-28(20-14-12-18(2)13-15-20)26(34)31(27(35)30-28)17-24-29-23-11-6-5-10-22(23)25(33)32(24)21-9-7-8-19(3)16-21/h5-16H,4,17H2,1-3H3,(H,30,35)/t28-/m0/s1. The van der Waals surface area contributed by atoms with E-state index >= 15 is 0 Å². The summed E-state index contributed by atoms with van der Waals surface area (Å²) in [4.78, 5) is 46.3. The summed E-state index contributed by atoms with van der Waals surface area (Å²) in [7, 11) is 0. The second-order valence-corrected chi connectivity index (χ2v) is 8.97. The van der Waals surface area contributed by atoms with Crippen LogP contribution in [-0.4, -0.2) is 26.4 Å². The highest BCUT2D eigenvalue weighted by Gasteiger charge is 2.51. The van der Waals surface area contributed by atoms with Crippen LogP contribution in [0.4, 0.5) is 4.79 Å². The Hall–Kier alpha value is -4.26. The van der Waals surface area contributed by atoms with Crippen molar-refractivity contribution in [2.45, 2.75) is 39.3 Å². The molecule has 1 fully saturated rings. The van der Waals surface area contributed by atoms with Gasteiger partial charge < -0.3 is 5.32 Å². The summed E-state index contributed by atoms with van der Waals surface area (Å²) in [5.41, 5.74) is 2.52. The molecule has 1 aromatic heterocycles. The predicted octanol–water partition coefficient (Wildman–Crippen LogP) is 4.36. The van der Waals surface area contributed by atoms with Gasteiger partial charge in [0.05, 0.1) is 23.1 Å². The fraction of sp³-hybridized carbons (Fsp3) is 0.214. The lowest BCUT2D eigenvalue weighted by atomic mass is 9.87. The minimum atomic E-state index is -1.16. The molecule has 2 heterocycles. The van der Waals surface area contributed by atoms with Gasteiger partial charge in [0, 0.05) is 0 Å². The van der Waals surface area contributed by atoms with Crippen molar-refractivity contribution in [3.63, 3.8) is 0 Å². The van der Waals surface area contributed by atoms with Gasteiger partial charge >= 0.3 is 6.03 Å². The highest BCUT2D eigenvalue weighted by Crippen LogP contribution is 2.33. The first-order chi connectivity index (χ1) is 16.8. The van der Waals surface area contributed by atoms with Gasteiger partial charge in [-0.3, -0.25) is 19.1 Å².